The van der Waals surface area contributed by atoms with Gasteiger partial charge in [0.05, 0.1) is 18.8 Å². The van der Waals surface area contributed by atoms with Crippen LogP contribution in [0.5, 0.6) is 0 Å². The number of aromatic nitrogens is 1. The summed E-state index contributed by atoms with van der Waals surface area (Å²) in [6.07, 6.45) is 1.93. The fourth-order valence-electron chi connectivity index (χ4n) is 2.35. The van der Waals surface area contributed by atoms with Gasteiger partial charge in [0.2, 0.25) is 0 Å². The molecule has 5 N–H and O–H groups in total. The van der Waals surface area contributed by atoms with Crippen molar-refractivity contribution < 1.29 is 29.4 Å². The van der Waals surface area contributed by atoms with Gasteiger partial charge in [0.15, 0.2) is 0 Å². The molecule has 1 aromatic heterocycles. The molecule has 2 aromatic carbocycles. The number of hydrogen-bond donors (Lipinski definition) is 4. The molecule has 0 radical (unpaired) electrons. The van der Waals surface area contributed by atoms with Gasteiger partial charge < -0.3 is 20.0 Å². The molecule has 0 unspecified atom stereocenters. The van der Waals surface area contributed by atoms with E-state index >= 15 is 0 Å². The van der Waals surface area contributed by atoms with Crippen molar-refractivity contribution in [3.63, 3.8) is 0 Å². The van der Waals surface area contributed by atoms with Gasteiger partial charge in [0.1, 0.15) is 0 Å². The highest BCUT2D eigenvalue weighted by molar-refractivity contribution is 5.86. The number of carboxylic acid groups (broad SMARTS) is 2. The molecule has 0 spiro atoms. The topological polar surface area (TPSA) is 143 Å². The zero-order valence-electron chi connectivity index (χ0n) is 16.9. The number of fused-ring (bicyclic) bond motifs is 1. The highest BCUT2D eigenvalue weighted by Crippen LogP contribution is 2.17. The van der Waals surface area contributed by atoms with Crippen molar-refractivity contribution in [2.24, 2.45) is 11.8 Å². The summed E-state index contributed by atoms with van der Waals surface area (Å²) in [6, 6.07) is 16.8. The fraction of sp³-hybridized carbons (Fsp3) is 0.227. The molecule has 0 bridgehead atoms. The van der Waals surface area contributed by atoms with E-state index in [1.165, 1.54) is 0 Å². The Labute approximate surface area is 174 Å². The number of carbonyl (C=O) groups excluding carboxylic acids is 1. The van der Waals surface area contributed by atoms with Crippen LogP contribution in [0.2, 0.25) is 0 Å². The van der Waals surface area contributed by atoms with Crippen LogP contribution in [-0.2, 0) is 32.1 Å². The third-order valence-electron chi connectivity index (χ3n) is 3.80. The van der Waals surface area contributed by atoms with Gasteiger partial charge in [-0.2, -0.15) is 5.90 Å². The number of aliphatic carboxylic acids is 2. The lowest BCUT2D eigenvalue weighted by molar-refractivity contribution is -0.147. The maximum Gasteiger partial charge on any atom is 0.326 e. The minimum atomic E-state index is -0.801. The van der Waals surface area contributed by atoms with Crippen LogP contribution in [0.1, 0.15) is 25.0 Å². The smallest absolute Gasteiger partial charge is 0.326 e. The summed E-state index contributed by atoms with van der Waals surface area (Å²) < 4.78 is 0. The number of H-pyrrole nitrogens is 1. The Hall–Kier alpha value is -3.65. The molecule has 0 fully saturated rings. The van der Waals surface area contributed by atoms with E-state index in [0.717, 1.165) is 22.0 Å². The molecule has 0 aliphatic heterocycles. The minimum absolute atomic E-state index is 0.0734. The number of aromatic amines is 1. The van der Waals surface area contributed by atoms with Gasteiger partial charge in [0, 0.05) is 17.1 Å². The van der Waals surface area contributed by atoms with Gasteiger partial charge in [-0.15, -0.1) is 0 Å². The number of carbonyl (C=O) groups is 3. The molecule has 8 heteroatoms. The molecule has 0 saturated heterocycles. The van der Waals surface area contributed by atoms with Crippen LogP contribution in [0, 0.1) is 5.92 Å². The molecule has 3 rings (SSSR count). The van der Waals surface area contributed by atoms with E-state index < -0.39 is 11.9 Å². The van der Waals surface area contributed by atoms with Crippen molar-refractivity contribution in [1.82, 2.24) is 4.98 Å². The van der Waals surface area contributed by atoms with Crippen LogP contribution in [0.3, 0.4) is 0 Å². The highest BCUT2D eigenvalue weighted by atomic mass is 16.7. The quantitative estimate of drug-likeness (QED) is 0.470. The Morgan fingerprint density at radius 1 is 0.933 bits per heavy atom. The highest BCUT2D eigenvalue weighted by Gasteiger charge is 2.06. The van der Waals surface area contributed by atoms with Gasteiger partial charge in [-0.3, -0.25) is 14.4 Å². The lowest BCUT2D eigenvalue weighted by Gasteiger charge is -1.96. The van der Waals surface area contributed by atoms with Crippen molar-refractivity contribution in [1.29, 1.82) is 0 Å². The number of para-hydroxylation sites is 1. The summed E-state index contributed by atoms with van der Waals surface area (Å²) in [4.78, 5) is 37.7. The first-order chi connectivity index (χ1) is 14.2. The fourth-order valence-corrected chi connectivity index (χ4v) is 2.35. The normalized spacial score (nSPS) is 9.73. The average Bonchev–Trinajstić information content (AvgIpc) is 3.11. The Morgan fingerprint density at radius 2 is 1.50 bits per heavy atom. The largest absolute Gasteiger partial charge is 0.481 e. The predicted octanol–water partition coefficient (Wildman–Crippen LogP) is 3.17. The summed E-state index contributed by atoms with van der Waals surface area (Å²) in [6.45, 7) is 3.43. The summed E-state index contributed by atoms with van der Waals surface area (Å²) in [5.74, 6) is 2.44. The molecule has 8 nitrogen and oxygen atoms in total. The molecule has 3 aromatic rings. The molecule has 30 heavy (non-hydrogen) atoms. The standard InChI is InChI=1S/C10H9NO2.C8H8O2.C4H9NO2/c12-10(13)5-7-6-11-9-4-2-1-3-8(7)9;9-8(10)6-7-4-2-1-3-5-7;1-3(2)4(6)7-5/h1-4,6,11H,5H2,(H,12,13);1-5H,6H2,(H,9,10);3H,5H2,1-2H3. The van der Waals surface area contributed by atoms with Crippen LogP contribution in [-0.4, -0.2) is 33.1 Å². The van der Waals surface area contributed by atoms with E-state index in [1.807, 2.05) is 42.5 Å². The van der Waals surface area contributed by atoms with Crippen LogP contribution in [0.25, 0.3) is 10.9 Å². The molecule has 0 saturated carbocycles. The van der Waals surface area contributed by atoms with Crippen molar-refractivity contribution in [3.8, 4) is 0 Å². The second kappa shape index (κ2) is 12.7. The minimum Gasteiger partial charge on any atom is -0.481 e. The van der Waals surface area contributed by atoms with Gasteiger partial charge in [-0.1, -0.05) is 62.4 Å². The number of carboxylic acids is 2. The molecule has 0 aliphatic carbocycles. The van der Waals surface area contributed by atoms with E-state index in [4.69, 9.17) is 10.2 Å². The third kappa shape index (κ3) is 9.03. The Bertz CT molecular complexity index is 950. The second-order valence-corrected chi connectivity index (χ2v) is 6.58. The zero-order chi connectivity index (χ0) is 22.5. The number of rotatable bonds is 5. The van der Waals surface area contributed by atoms with Crippen LogP contribution in [0.15, 0.2) is 60.8 Å². The van der Waals surface area contributed by atoms with Gasteiger partial charge in [-0.05, 0) is 17.2 Å². The summed E-state index contributed by atoms with van der Waals surface area (Å²) in [7, 11) is 0. The second-order valence-electron chi connectivity index (χ2n) is 6.58. The molecule has 0 aliphatic rings. The van der Waals surface area contributed by atoms with E-state index in [2.05, 4.69) is 15.7 Å². The first kappa shape index (κ1) is 24.4. The van der Waals surface area contributed by atoms with E-state index in [9.17, 15) is 14.4 Å². The van der Waals surface area contributed by atoms with Crippen molar-refractivity contribution in [2.45, 2.75) is 26.7 Å². The Balaban J connectivity index is 0.000000238. The summed E-state index contributed by atoms with van der Waals surface area (Å²) in [5.41, 5.74) is 2.66. The molecule has 0 atom stereocenters. The monoisotopic (exact) mass is 414 g/mol. The third-order valence-corrected chi connectivity index (χ3v) is 3.80. The van der Waals surface area contributed by atoms with Crippen molar-refractivity contribution >= 4 is 28.8 Å². The van der Waals surface area contributed by atoms with E-state index in [1.54, 1.807) is 32.2 Å². The van der Waals surface area contributed by atoms with Crippen molar-refractivity contribution in [3.05, 3.63) is 71.9 Å². The van der Waals surface area contributed by atoms with E-state index in [0.29, 0.717) is 0 Å². The Morgan fingerprint density at radius 3 is 2.00 bits per heavy atom. The van der Waals surface area contributed by atoms with E-state index in [-0.39, 0.29) is 24.7 Å². The molecular formula is C22H26N2O6. The van der Waals surface area contributed by atoms with Crippen LogP contribution >= 0.6 is 0 Å². The first-order valence-electron chi connectivity index (χ1n) is 9.17. The summed E-state index contributed by atoms with van der Waals surface area (Å²) >= 11 is 0. The SMILES string of the molecule is CC(C)C(=O)ON.O=C(O)Cc1c[nH]c2ccccc12.O=C(O)Cc1ccccc1. The number of benzene rings is 2. The maximum absolute atomic E-state index is 10.5. The number of nitrogens with one attached hydrogen (secondary N) is 1. The zero-order valence-corrected chi connectivity index (χ0v) is 16.9. The lowest BCUT2D eigenvalue weighted by atomic mass is 10.1. The van der Waals surface area contributed by atoms with Crippen LogP contribution in [0.4, 0.5) is 0 Å². The lowest BCUT2D eigenvalue weighted by Crippen LogP contribution is -2.15. The molecule has 1 heterocycles. The van der Waals surface area contributed by atoms with Gasteiger partial charge >= 0.3 is 17.9 Å². The van der Waals surface area contributed by atoms with Crippen molar-refractivity contribution in [2.75, 3.05) is 0 Å². The number of hydrogen-bond acceptors (Lipinski definition) is 5. The average molecular weight is 414 g/mol. The molecular weight excluding hydrogens is 388 g/mol. The number of nitrogens with two attached hydrogens (primary N) is 1. The van der Waals surface area contributed by atoms with Gasteiger partial charge in [-0.25, -0.2) is 0 Å². The van der Waals surface area contributed by atoms with Gasteiger partial charge in [0.25, 0.3) is 0 Å². The Kier molecular flexibility index (Phi) is 10.4. The maximum atomic E-state index is 10.5. The molecule has 0 amide bonds. The van der Waals surface area contributed by atoms with Crippen LogP contribution < -0.4 is 5.90 Å². The first-order valence-corrected chi connectivity index (χ1v) is 9.17. The predicted molar refractivity (Wildman–Crippen MR) is 113 cm³/mol. The molecule has 160 valence electrons. The summed E-state index contributed by atoms with van der Waals surface area (Å²) in [5, 5.41) is 18.0.